The van der Waals surface area contributed by atoms with Crippen LogP contribution in [0, 0.1) is 18.6 Å². The molecule has 5 heterocycles. The van der Waals surface area contributed by atoms with E-state index in [4.69, 9.17) is 0 Å². The number of piperazine rings is 1. The lowest BCUT2D eigenvalue weighted by Gasteiger charge is -2.50. The quantitative estimate of drug-likeness (QED) is 0.301. The van der Waals surface area contributed by atoms with Gasteiger partial charge in [0, 0.05) is 24.2 Å². The van der Waals surface area contributed by atoms with E-state index in [9.17, 15) is 23.9 Å². The van der Waals surface area contributed by atoms with Gasteiger partial charge in [-0.3, -0.25) is 23.9 Å². The second-order valence-corrected chi connectivity index (χ2v) is 12.1. The molecule has 2 aliphatic rings. The Morgan fingerprint density at radius 1 is 1.13 bits per heavy atom. The number of hydrogen-bond donors (Lipinski definition) is 1. The largest absolute Gasteiger partial charge is 0.507 e. The van der Waals surface area contributed by atoms with Crippen molar-refractivity contribution in [1.29, 1.82) is 0 Å². The first kappa shape index (κ1) is 31.8. The maximum Gasteiger partial charge on any atom is 0.283 e. The molecule has 3 aromatic heterocycles. The number of fused-ring (bicyclic) bond motifs is 5. The van der Waals surface area contributed by atoms with Crippen LogP contribution in [-0.4, -0.2) is 74.7 Å². The summed E-state index contributed by atoms with van der Waals surface area (Å²) in [5.41, 5.74) is -0.462. The van der Waals surface area contributed by atoms with Gasteiger partial charge in [0.25, 0.3) is 11.5 Å². The molecule has 0 unspecified atom stereocenters. The van der Waals surface area contributed by atoms with Gasteiger partial charge in [0.15, 0.2) is 11.5 Å². The Morgan fingerprint density at radius 2 is 1.87 bits per heavy atom. The van der Waals surface area contributed by atoms with E-state index in [1.807, 2.05) is 13.8 Å². The van der Waals surface area contributed by atoms with E-state index in [-0.39, 0.29) is 41.4 Å². The van der Waals surface area contributed by atoms with Crippen molar-refractivity contribution in [3.05, 3.63) is 82.4 Å². The van der Waals surface area contributed by atoms with E-state index in [2.05, 4.69) is 16.5 Å². The summed E-state index contributed by atoms with van der Waals surface area (Å²) in [6, 6.07) is 4.80. The number of alkyl halides is 1. The molecule has 0 spiro atoms. The monoisotopic (exact) mass is 646 g/mol. The lowest BCUT2D eigenvalue weighted by molar-refractivity contribution is -0.130. The van der Waals surface area contributed by atoms with Crippen LogP contribution in [0.5, 0.6) is 5.75 Å². The van der Waals surface area contributed by atoms with E-state index in [0.717, 1.165) is 23.1 Å². The second-order valence-electron chi connectivity index (χ2n) is 12.1. The fraction of sp³-hybridized carbons (Fsp3) is 0.324. The van der Waals surface area contributed by atoms with E-state index in [1.165, 1.54) is 21.6 Å². The highest BCUT2D eigenvalue weighted by Gasteiger charge is 2.47. The number of rotatable bonds is 6. The van der Waals surface area contributed by atoms with E-state index in [0.29, 0.717) is 16.9 Å². The lowest BCUT2D eigenvalue weighted by Crippen LogP contribution is -2.66. The molecule has 1 aromatic carbocycles. The first-order valence-electron chi connectivity index (χ1n) is 15.2. The molecule has 0 radical (unpaired) electrons. The molecule has 2 amide bonds. The molecule has 47 heavy (non-hydrogen) atoms. The molecular formula is C34H33F3N6O4. The molecule has 1 N–H and O–H groups in total. The highest BCUT2D eigenvalue weighted by molar-refractivity contribution is 6.12. The third kappa shape index (κ3) is 4.91. The van der Waals surface area contributed by atoms with Crippen molar-refractivity contribution in [1.82, 2.24) is 19.4 Å². The Morgan fingerprint density at radius 3 is 2.53 bits per heavy atom. The van der Waals surface area contributed by atoms with Crippen molar-refractivity contribution in [2.45, 2.75) is 45.7 Å². The Hall–Kier alpha value is -5.20. The van der Waals surface area contributed by atoms with Crippen LogP contribution in [0.25, 0.3) is 28.0 Å². The molecular weight excluding hydrogens is 613 g/mol. The van der Waals surface area contributed by atoms with E-state index >= 15 is 8.78 Å². The number of halogens is 3. The van der Waals surface area contributed by atoms with Gasteiger partial charge in [-0.2, -0.15) is 0 Å². The number of aryl methyl sites for hydroxylation is 1. The van der Waals surface area contributed by atoms with Crippen molar-refractivity contribution in [3.63, 3.8) is 0 Å². The van der Waals surface area contributed by atoms with Crippen LogP contribution < -0.4 is 15.4 Å². The predicted molar refractivity (Wildman–Crippen MR) is 172 cm³/mol. The van der Waals surface area contributed by atoms with Crippen LogP contribution in [-0.2, 0) is 9.59 Å². The number of phenols is 1. The third-order valence-electron chi connectivity index (χ3n) is 8.82. The molecule has 4 aromatic rings. The van der Waals surface area contributed by atoms with Gasteiger partial charge in [-0.15, -0.1) is 0 Å². The number of carbonyl (C=O) groups excluding carboxylic acids is 2. The number of phenolic OH excluding ortho intramolecular Hbond substituents is 1. The zero-order chi connectivity index (χ0) is 33.9. The maximum atomic E-state index is 16.2. The number of carbonyl (C=O) groups is 2. The standard InChI is InChI=1S/C34H33F3N6O4/c1-6-25(45)41-16-23-33(46)40(13-11-35)31-30(42(23)15-19(41)5)20-14-22(37)28(26-21(36)8-7-9-24(26)44)39-32(20)43(34(31)47)29-18(4)10-12-38-27(29)17(2)3/h6-10,12,14,17,19,23,44H,1,11,13,15-16H2,2-5H3/t19-,23-/m1/s1. The molecule has 6 rings (SSSR count). The fourth-order valence-corrected chi connectivity index (χ4v) is 6.66. The maximum absolute atomic E-state index is 16.2. The van der Waals surface area contributed by atoms with Gasteiger partial charge in [-0.05, 0) is 55.7 Å². The average Bonchev–Trinajstić information content (AvgIpc) is 3.03. The molecule has 0 saturated carbocycles. The van der Waals surface area contributed by atoms with Crippen molar-refractivity contribution in [3.8, 4) is 22.7 Å². The van der Waals surface area contributed by atoms with Crippen LogP contribution in [0.3, 0.4) is 0 Å². The van der Waals surface area contributed by atoms with Gasteiger partial charge in [0.2, 0.25) is 5.91 Å². The topological polar surface area (TPSA) is 112 Å². The summed E-state index contributed by atoms with van der Waals surface area (Å²) in [5, 5.41) is 10.7. The van der Waals surface area contributed by atoms with E-state index < -0.39 is 71.3 Å². The van der Waals surface area contributed by atoms with Crippen molar-refractivity contribution >= 4 is 34.2 Å². The lowest BCUT2D eigenvalue weighted by atomic mass is 9.97. The van der Waals surface area contributed by atoms with Gasteiger partial charge in [-0.25, -0.2) is 18.2 Å². The Labute approximate surface area is 268 Å². The molecule has 0 bridgehead atoms. The first-order valence-corrected chi connectivity index (χ1v) is 15.2. The Bertz CT molecular complexity index is 2010. The number of amides is 2. The Kier molecular flexibility index (Phi) is 8.02. The number of anilines is 2. The number of hydrogen-bond acceptors (Lipinski definition) is 7. The van der Waals surface area contributed by atoms with Gasteiger partial charge in [0.1, 0.15) is 35.7 Å². The minimum Gasteiger partial charge on any atom is -0.507 e. The second kappa shape index (κ2) is 11.9. The molecule has 2 atom stereocenters. The summed E-state index contributed by atoms with van der Waals surface area (Å²) >= 11 is 0. The van der Waals surface area contributed by atoms with Gasteiger partial charge >= 0.3 is 0 Å². The highest BCUT2D eigenvalue weighted by atomic mass is 19.1. The number of aromatic nitrogens is 3. The van der Waals surface area contributed by atoms with Crippen molar-refractivity contribution in [2.75, 3.05) is 36.1 Å². The van der Waals surface area contributed by atoms with Crippen LogP contribution >= 0.6 is 0 Å². The van der Waals surface area contributed by atoms with Gasteiger partial charge in [0.05, 0.1) is 35.7 Å². The highest BCUT2D eigenvalue weighted by Crippen LogP contribution is 2.44. The summed E-state index contributed by atoms with van der Waals surface area (Å²) in [4.78, 5) is 54.9. The number of nitrogens with zero attached hydrogens (tertiary/aromatic N) is 6. The molecule has 10 nitrogen and oxygen atoms in total. The number of pyridine rings is 3. The average molecular weight is 647 g/mol. The van der Waals surface area contributed by atoms with Crippen LogP contribution in [0.1, 0.15) is 37.9 Å². The summed E-state index contributed by atoms with van der Waals surface area (Å²) < 4.78 is 46.7. The normalized spacial score (nSPS) is 17.7. The van der Waals surface area contributed by atoms with Gasteiger partial charge < -0.3 is 19.8 Å². The molecule has 244 valence electrons. The first-order chi connectivity index (χ1) is 22.4. The third-order valence-corrected chi connectivity index (χ3v) is 8.82. The Balaban J connectivity index is 1.78. The summed E-state index contributed by atoms with van der Waals surface area (Å²) in [6.45, 7) is 9.36. The minimum absolute atomic E-state index is 0.0750. The molecule has 0 aliphatic carbocycles. The van der Waals surface area contributed by atoms with Crippen LogP contribution in [0.2, 0.25) is 0 Å². The minimum atomic E-state index is -1.03. The summed E-state index contributed by atoms with van der Waals surface area (Å²) in [6.07, 6.45) is 2.73. The summed E-state index contributed by atoms with van der Waals surface area (Å²) in [5.74, 6) is -3.69. The predicted octanol–water partition coefficient (Wildman–Crippen LogP) is 4.77. The number of aromatic hydroxyl groups is 1. The van der Waals surface area contributed by atoms with E-state index in [1.54, 1.807) is 31.0 Å². The molecule has 1 saturated heterocycles. The zero-order valence-electron chi connectivity index (χ0n) is 26.3. The van der Waals surface area contributed by atoms with Crippen LogP contribution in [0.15, 0.2) is 54.0 Å². The SMILES string of the molecule is C=CC(=O)N1C[C@@H]2C(=O)N(CCF)c3c(c4cc(F)c(-c5c(O)cccc5F)nc4n(-c4c(C)ccnc4C(C)C)c3=O)N2C[C@H]1C. The smallest absolute Gasteiger partial charge is 0.283 e. The number of benzene rings is 1. The zero-order valence-corrected chi connectivity index (χ0v) is 26.3. The van der Waals surface area contributed by atoms with Crippen molar-refractivity contribution in [2.24, 2.45) is 0 Å². The molecule has 1 fully saturated rings. The van der Waals surface area contributed by atoms with Crippen molar-refractivity contribution < 1.29 is 27.9 Å². The summed E-state index contributed by atoms with van der Waals surface area (Å²) in [7, 11) is 0. The molecule has 2 aliphatic heterocycles. The van der Waals surface area contributed by atoms with Gasteiger partial charge in [-0.1, -0.05) is 26.5 Å². The van der Waals surface area contributed by atoms with Crippen LogP contribution in [0.4, 0.5) is 24.5 Å². The fourth-order valence-electron chi connectivity index (χ4n) is 6.66. The molecule has 13 heteroatoms.